The summed E-state index contributed by atoms with van der Waals surface area (Å²) in [5, 5.41) is 0.0476. The zero-order valence-electron chi connectivity index (χ0n) is 12.3. The van der Waals surface area contributed by atoms with E-state index in [1.165, 1.54) is 5.56 Å². The number of hydrogen-bond acceptors (Lipinski definition) is 2. The van der Waals surface area contributed by atoms with E-state index in [-0.39, 0.29) is 11.0 Å². The van der Waals surface area contributed by atoms with Crippen molar-refractivity contribution >= 4 is 14.3 Å². The van der Waals surface area contributed by atoms with Gasteiger partial charge in [0.2, 0.25) is 0 Å². The van der Waals surface area contributed by atoms with Gasteiger partial charge in [0.05, 0.1) is 5.56 Å². The molecule has 0 aliphatic carbocycles. The van der Waals surface area contributed by atoms with Gasteiger partial charge >= 0.3 is 5.97 Å². The van der Waals surface area contributed by atoms with Crippen molar-refractivity contribution in [3.05, 3.63) is 35.4 Å². The van der Waals surface area contributed by atoms with Crippen LogP contribution in [0, 0.1) is 0 Å². The first kappa shape index (κ1) is 15.0. The second kappa shape index (κ2) is 5.27. The summed E-state index contributed by atoms with van der Waals surface area (Å²) in [5.41, 5.74) is 1.89. The minimum absolute atomic E-state index is 0.0476. The molecular weight excluding hydrogens is 240 g/mol. The van der Waals surface area contributed by atoms with Gasteiger partial charge in [-0.25, -0.2) is 4.79 Å². The molecule has 0 amide bonds. The third kappa shape index (κ3) is 3.45. The van der Waals surface area contributed by atoms with Crippen molar-refractivity contribution in [1.29, 1.82) is 0 Å². The molecule has 0 saturated carbocycles. The van der Waals surface area contributed by atoms with E-state index in [1.54, 1.807) is 0 Å². The minimum Gasteiger partial charge on any atom is -0.516 e. The summed E-state index contributed by atoms with van der Waals surface area (Å²) in [5.74, 6) is -0.191. The van der Waals surface area contributed by atoms with Crippen LogP contribution < -0.4 is 0 Å². The number of hydrogen-bond donors (Lipinski definition) is 0. The Morgan fingerprint density at radius 3 is 2.06 bits per heavy atom. The van der Waals surface area contributed by atoms with Crippen LogP contribution in [0.4, 0.5) is 0 Å². The normalized spacial score (nSPS) is 12.3. The molecule has 18 heavy (non-hydrogen) atoms. The third-order valence-electron chi connectivity index (χ3n) is 3.75. The average molecular weight is 264 g/mol. The third-order valence-corrected chi connectivity index (χ3v) is 8.06. The average Bonchev–Trinajstić information content (AvgIpc) is 2.27. The largest absolute Gasteiger partial charge is 0.516 e. The zero-order valence-corrected chi connectivity index (χ0v) is 13.3. The first-order valence-electron chi connectivity index (χ1n) is 6.49. The number of aryl methyl sites for hydroxylation is 1. The van der Waals surface area contributed by atoms with Crippen LogP contribution in [0.25, 0.3) is 0 Å². The van der Waals surface area contributed by atoms with Gasteiger partial charge in [0, 0.05) is 0 Å². The first-order valence-corrected chi connectivity index (χ1v) is 9.40. The molecule has 0 fully saturated rings. The highest BCUT2D eigenvalue weighted by molar-refractivity contribution is 6.75. The summed E-state index contributed by atoms with van der Waals surface area (Å²) in [6.45, 7) is 12.7. The fourth-order valence-corrected chi connectivity index (χ4v) is 2.21. The van der Waals surface area contributed by atoms with Crippen molar-refractivity contribution in [2.45, 2.75) is 52.2 Å². The van der Waals surface area contributed by atoms with Gasteiger partial charge < -0.3 is 4.43 Å². The lowest BCUT2D eigenvalue weighted by Crippen LogP contribution is -2.42. The Morgan fingerprint density at radius 2 is 1.67 bits per heavy atom. The predicted molar refractivity (Wildman–Crippen MR) is 78.4 cm³/mol. The van der Waals surface area contributed by atoms with Crippen LogP contribution in [-0.4, -0.2) is 14.3 Å². The van der Waals surface area contributed by atoms with Crippen LogP contribution >= 0.6 is 0 Å². The Labute approximate surface area is 111 Å². The van der Waals surface area contributed by atoms with Crippen LogP contribution in [0.3, 0.4) is 0 Å². The first-order chi connectivity index (χ1) is 8.17. The molecule has 1 rings (SSSR count). The molecule has 100 valence electrons. The number of carbonyl (C=O) groups excluding carboxylic acids is 1. The molecule has 0 aliphatic rings. The highest BCUT2D eigenvalue weighted by Gasteiger charge is 2.40. The summed E-state index contributed by atoms with van der Waals surface area (Å²) in [4.78, 5) is 12.1. The van der Waals surface area contributed by atoms with E-state index in [2.05, 4.69) is 40.8 Å². The second-order valence-electron chi connectivity index (χ2n) is 6.20. The molecule has 0 aromatic heterocycles. The van der Waals surface area contributed by atoms with E-state index in [4.69, 9.17) is 4.43 Å². The van der Waals surface area contributed by atoms with E-state index >= 15 is 0 Å². The molecule has 3 heteroatoms. The van der Waals surface area contributed by atoms with E-state index in [1.807, 2.05) is 24.3 Å². The highest BCUT2D eigenvalue weighted by atomic mass is 28.4. The maximum Gasteiger partial charge on any atom is 0.324 e. The van der Waals surface area contributed by atoms with Crippen LogP contribution in [0.15, 0.2) is 24.3 Å². The smallest absolute Gasteiger partial charge is 0.324 e. The van der Waals surface area contributed by atoms with Gasteiger partial charge in [0.15, 0.2) is 0 Å². The van der Waals surface area contributed by atoms with Crippen molar-refractivity contribution in [2.75, 3.05) is 0 Å². The van der Waals surface area contributed by atoms with Crippen molar-refractivity contribution < 1.29 is 9.22 Å². The topological polar surface area (TPSA) is 26.3 Å². The van der Waals surface area contributed by atoms with Crippen LogP contribution in [0.2, 0.25) is 18.1 Å². The van der Waals surface area contributed by atoms with Gasteiger partial charge in [-0.3, -0.25) is 0 Å². The predicted octanol–water partition coefficient (Wildman–Crippen LogP) is 4.41. The zero-order chi connectivity index (χ0) is 14.0. The van der Waals surface area contributed by atoms with Gasteiger partial charge in [0.1, 0.15) is 0 Å². The maximum absolute atomic E-state index is 12.1. The number of benzene rings is 1. The monoisotopic (exact) mass is 264 g/mol. The summed E-state index contributed by atoms with van der Waals surface area (Å²) in [7, 11) is -2.02. The molecule has 0 saturated heterocycles. The second-order valence-corrected chi connectivity index (χ2v) is 10.9. The summed E-state index contributed by atoms with van der Waals surface area (Å²) in [6.07, 6.45) is 0.984. The Hall–Kier alpha value is -1.09. The van der Waals surface area contributed by atoms with Crippen molar-refractivity contribution in [1.82, 2.24) is 0 Å². The fourth-order valence-electron chi connectivity index (χ4n) is 1.32. The van der Waals surface area contributed by atoms with E-state index in [0.717, 1.165) is 6.42 Å². The molecule has 0 unspecified atom stereocenters. The van der Waals surface area contributed by atoms with Gasteiger partial charge in [-0.15, -0.1) is 0 Å². The van der Waals surface area contributed by atoms with E-state index in [9.17, 15) is 4.79 Å². The quantitative estimate of drug-likeness (QED) is 0.756. The number of carbonyl (C=O) groups is 1. The van der Waals surface area contributed by atoms with Gasteiger partial charge in [-0.05, 0) is 42.2 Å². The standard InChI is InChI=1S/C15H24O2Si/c1-7-12-8-10-13(11-9-12)14(16)17-18(5,6)15(2,3)4/h8-11H,7H2,1-6H3. The molecular formula is C15H24O2Si. The van der Waals surface area contributed by atoms with Crippen LogP contribution in [-0.2, 0) is 10.8 Å². The molecule has 1 aromatic rings. The van der Waals surface area contributed by atoms with Gasteiger partial charge in [-0.2, -0.15) is 0 Å². The summed E-state index contributed by atoms with van der Waals surface area (Å²) >= 11 is 0. The Morgan fingerprint density at radius 1 is 1.17 bits per heavy atom. The fraction of sp³-hybridized carbons (Fsp3) is 0.533. The maximum atomic E-state index is 12.1. The van der Waals surface area contributed by atoms with E-state index in [0.29, 0.717) is 5.56 Å². The number of rotatable bonds is 3. The summed E-state index contributed by atoms with van der Waals surface area (Å²) < 4.78 is 5.76. The minimum atomic E-state index is -2.02. The van der Waals surface area contributed by atoms with Gasteiger partial charge in [-0.1, -0.05) is 39.8 Å². The lowest BCUT2D eigenvalue weighted by Gasteiger charge is -2.35. The van der Waals surface area contributed by atoms with Crippen molar-refractivity contribution in [3.63, 3.8) is 0 Å². The molecule has 0 aliphatic heterocycles. The van der Waals surface area contributed by atoms with Crippen molar-refractivity contribution in [2.24, 2.45) is 0 Å². The molecule has 0 radical (unpaired) electrons. The van der Waals surface area contributed by atoms with E-state index < -0.39 is 8.32 Å². The molecule has 0 spiro atoms. The Bertz CT molecular complexity index is 413. The molecule has 1 aromatic carbocycles. The highest BCUT2D eigenvalue weighted by Crippen LogP contribution is 2.37. The molecule has 2 nitrogen and oxygen atoms in total. The van der Waals surface area contributed by atoms with Gasteiger partial charge in [0.25, 0.3) is 8.32 Å². The van der Waals surface area contributed by atoms with Crippen molar-refractivity contribution in [3.8, 4) is 0 Å². The lowest BCUT2D eigenvalue weighted by atomic mass is 10.1. The van der Waals surface area contributed by atoms with Crippen LogP contribution in [0.5, 0.6) is 0 Å². The molecule has 0 bridgehead atoms. The lowest BCUT2D eigenvalue weighted by molar-refractivity contribution is 0.0712. The summed E-state index contributed by atoms with van der Waals surface area (Å²) in [6, 6.07) is 7.69. The molecule has 0 atom stereocenters. The molecule has 0 N–H and O–H groups in total. The SMILES string of the molecule is CCc1ccc(C(=O)O[Si](C)(C)C(C)(C)C)cc1. The molecule has 0 heterocycles. The Balaban J connectivity index is 2.82. The Kier molecular flexibility index (Phi) is 4.38. The van der Waals surface area contributed by atoms with Crippen LogP contribution in [0.1, 0.15) is 43.6 Å².